The van der Waals surface area contributed by atoms with Gasteiger partial charge in [0, 0.05) is 42.2 Å². The Morgan fingerprint density at radius 1 is 0.597 bits per heavy atom. The van der Waals surface area contributed by atoms with E-state index in [4.69, 9.17) is 32.8 Å². The molecule has 0 fully saturated rings. The molecule has 18 heteroatoms. The van der Waals surface area contributed by atoms with E-state index in [2.05, 4.69) is 0 Å². The second kappa shape index (κ2) is 20.8. The third-order valence-corrected chi connectivity index (χ3v) is 7.80. The Morgan fingerprint density at radius 2 is 0.968 bits per heavy atom. The van der Waals surface area contributed by atoms with Gasteiger partial charge in [-0.1, -0.05) is 0 Å². The second-order valence-corrected chi connectivity index (χ2v) is 18.4. The van der Waals surface area contributed by atoms with Crippen LogP contribution in [0.5, 0.6) is 11.5 Å². The van der Waals surface area contributed by atoms with Crippen LogP contribution in [0.15, 0.2) is 51.7 Å². The quantitative estimate of drug-likeness (QED) is 0.0354. The summed E-state index contributed by atoms with van der Waals surface area (Å²) in [5, 5.41) is 11.4. The number of nitro benzene ring substituents is 1. The van der Waals surface area contributed by atoms with E-state index < -0.39 is 62.6 Å². The summed E-state index contributed by atoms with van der Waals surface area (Å²) in [5.74, 6) is -2.92. The van der Waals surface area contributed by atoms with Gasteiger partial charge in [0.25, 0.3) is 5.69 Å². The predicted molar refractivity (Wildman–Crippen MR) is 226 cm³/mol. The lowest BCUT2D eigenvalue weighted by Crippen LogP contribution is -2.41. The number of benzene rings is 2. The third kappa shape index (κ3) is 18.0. The molecular formula is C44H59N3O15. The second-order valence-electron chi connectivity index (χ2n) is 18.4. The van der Waals surface area contributed by atoms with Crippen molar-refractivity contribution in [3.8, 4) is 11.5 Å². The minimum absolute atomic E-state index is 0.00782. The van der Waals surface area contributed by atoms with Crippen LogP contribution in [-0.4, -0.2) is 119 Å². The van der Waals surface area contributed by atoms with Crippen LogP contribution in [0.4, 0.5) is 5.69 Å². The SMILES string of the molecule is CC(C)(C)OC(=O)CN(CCOc1cc2cc(C(=O)c3ccc([N+](=O)[O-])cc3)c(=O)oc2cc1OCCN(CC(=O)OC(C)(C)C)CC(=O)OC(C)(C)C)CC(=O)OC(C)(C)C. The Hall–Kier alpha value is -5.88. The first-order valence-electron chi connectivity index (χ1n) is 20.0. The van der Waals surface area contributed by atoms with Crippen molar-refractivity contribution in [3.63, 3.8) is 0 Å². The number of nitrogens with zero attached hydrogens (tertiary/aromatic N) is 3. The maximum atomic E-state index is 13.4. The van der Waals surface area contributed by atoms with Crippen LogP contribution in [0.1, 0.15) is 99.0 Å². The van der Waals surface area contributed by atoms with E-state index in [1.54, 1.807) is 83.1 Å². The van der Waals surface area contributed by atoms with Crippen molar-refractivity contribution in [2.24, 2.45) is 0 Å². The van der Waals surface area contributed by atoms with E-state index in [-0.39, 0.29) is 91.8 Å². The number of non-ortho nitro benzene ring substituents is 1. The number of carbonyl (C=O) groups excluding carboxylic acids is 5. The highest BCUT2D eigenvalue weighted by atomic mass is 16.6. The molecule has 1 aromatic heterocycles. The summed E-state index contributed by atoms with van der Waals surface area (Å²) in [5.41, 5.74) is -4.70. The molecule has 0 aliphatic heterocycles. The number of carbonyl (C=O) groups is 5. The largest absolute Gasteiger partial charge is 0.488 e. The van der Waals surface area contributed by atoms with Gasteiger partial charge in [-0.2, -0.15) is 0 Å². The summed E-state index contributed by atoms with van der Waals surface area (Å²) in [6.45, 7) is 19.3. The van der Waals surface area contributed by atoms with Crippen molar-refractivity contribution in [1.29, 1.82) is 0 Å². The van der Waals surface area contributed by atoms with Gasteiger partial charge in [-0.15, -0.1) is 0 Å². The van der Waals surface area contributed by atoms with Crippen LogP contribution >= 0.6 is 0 Å². The van der Waals surface area contributed by atoms with E-state index in [1.165, 1.54) is 40.1 Å². The van der Waals surface area contributed by atoms with Crippen LogP contribution in [0.2, 0.25) is 0 Å². The standard InChI is InChI=1S/C44H59N3O15/c1-41(2,3)59-35(48)24-45(25-36(49)60-42(4,5)6)17-19-56-33-22-29-21-31(39(52)28-13-15-30(16-14-28)47(54)55)40(53)58-32(29)23-34(33)57-20-18-46(26-37(50)61-43(7,8)9)27-38(51)62-44(10,11)12/h13-16,21-23H,17-20,24-27H2,1-12H3. The molecule has 0 N–H and O–H groups in total. The van der Waals surface area contributed by atoms with E-state index in [0.29, 0.717) is 0 Å². The summed E-state index contributed by atoms with van der Waals surface area (Å²) in [4.78, 5) is 91.4. The Kier molecular flexibility index (Phi) is 16.9. The molecule has 1 heterocycles. The highest BCUT2D eigenvalue weighted by molar-refractivity contribution is 6.10. The molecule has 0 atom stereocenters. The molecule has 2 aromatic carbocycles. The Balaban J connectivity index is 1.99. The highest BCUT2D eigenvalue weighted by Gasteiger charge is 2.26. The van der Waals surface area contributed by atoms with E-state index in [9.17, 15) is 38.9 Å². The summed E-state index contributed by atoms with van der Waals surface area (Å²) in [7, 11) is 0. The van der Waals surface area contributed by atoms with Gasteiger partial charge >= 0.3 is 29.5 Å². The topological polar surface area (TPSA) is 221 Å². The molecule has 0 bridgehead atoms. The first kappa shape index (κ1) is 50.5. The van der Waals surface area contributed by atoms with Crippen molar-refractivity contribution in [2.75, 3.05) is 52.5 Å². The fraction of sp³-hybridized carbons (Fsp3) is 0.545. The zero-order valence-corrected chi connectivity index (χ0v) is 37.7. The fourth-order valence-electron chi connectivity index (χ4n) is 5.62. The summed E-state index contributed by atoms with van der Waals surface area (Å²) >= 11 is 0. The number of hydrogen-bond donors (Lipinski definition) is 0. The molecule has 0 unspecified atom stereocenters. The molecule has 340 valence electrons. The zero-order valence-electron chi connectivity index (χ0n) is 37.7. The maximum Gasteiger partial charge on any atom is 0.347 e. The van der Waals surface area contributed by atoms with Crippen molar-refractivity contribution in [3.05, 3.63) is 74.1 Å². The molecule has 0 aliphatic rings. The van der Waals surface area contributed by atoms with Crippen molar-refractivity contribution in [1.82, 2.24) is 9.80 Å². The summed E-state index contributed by atoms with van der Waals surface area (Å²) in [6, 6.07) is 8.87. The van der Waals surface area contributed by atoms with Crippen molar-refractivity contribution in [2.45, 2.75) is 105 Å². The van der Waals surface area contributed by atoms with Gasteiger partial charge < -0.3 is 32.8 Å². The van der Waals surface area contributed by atoms with Gasteiger partial charge in [0.05, 0.1) is 31.1 Å². The normalized spacial score (nSPS) is 12.2. The smallest absolute Gasteiger partial charge is 0.347 e. The first-order chi connectivity index (χ1) is 28.5. The van der Waals surface area contributed by atoms with E-state index in [1.807, 2.05) is 0 Å². The number of ether oxygens (including phenoxy) is 6. The molecule has 3 aromatic rings. The number of ketones is 1. The van der Waals surface area contributed by atoms with Crippen LogP contribution in [0.25, 0.3) is 11.0 Å². The Labute approximate surface area is 360 Å². The zero-order chi connectivity index (χ0) is 46.8. The molecule has 0 saturated carbocycles. The van der Waals surface area contributed by atoms with Gasteiger partial charge in [-0.25, -0.2) is 4.79 Å². The number of fused-ring (bicyclic) bond motifs is 1. The molecule has 0 spiro atoms. The lowest BCUT2D eigenvalue weighted by Gasteiger charge is -2.27. The average Bonchev–Trinajstić information content (AvgIpc) is 3.07. The number of esters is 4. The summed E-state index contributed by atoms with van der Waals surface area (Å²) < 4.78 is 39.8. The van der Waals surface area contributed by atoms with Crippen LogP contribution < -0.4 is 15.1 Å². The van der Waals surface area contributed by atoms with Crippen molar-refractivity contribution < 1.29 is 61.7 Å². The lowest BCUT2D eigenvalue weighted by molar-refractivity contribution is -0.384. The first-order valence-corrected chi connectivity index (χ1v) is 20.0. The molecule has 0 radical (unpaired) electrons. The monoisotopic (exact) mass is 869 g/mol. The highest BCUT2D eigenvalue weighted by Crippen LogP contribution is 2.33. The molecule has 0 aliphatic carbocycles. The predicted octanol–water partition coefficient (Wildman–Crippen LogP) is 5.66. The molecule has 3 rings (SSSR count). The molecule has 0 saturated heterocycles. The molecular weight excluding hydrogens is 810 g/mol. The molecule has 18 nitrogen and oxygen atoms in total. The maximum absolute atomic E-state index is 13.4. The number of rotatable bonds is 19. The Bertz CT molecular complexity index is 2090. The Morgan fingerprint density at radius 3 is 1.32 bits per heavy atom. The van der Waals surface area contributed by atoms with Crippen LogP contribution in [-0.2, 0) is 38.1 Å². The van der Waals surface area contributed by atoms with Gasteiger partial charge in [0.2, 0.25) is 0 Å². The van der Waals surface area contributed by atoms with E-state index in [0.717, 1.165) is 12.1 Å². The average molecular weight is 870 g/mol. The number of hydrogen-bond acceptors (Lipinski definition) is 17. The lowest BCUT2D eigenvalue weighted by atomic mass is 10.0. The number of nitro groups is 1. The summed E-state index contributed by atoms with van der Waals surface area (Å²) in [6.07, 6.45) is 0. The van der Waals surface area contributed by atoms with Gasteiger partial charge in [-0.3, -0.25) is 43.9 Å². The van der Waals surface area contributed by atoms with Crippen LogP contribution in [0.3, 0.4) is 0 Å². The minimum atomic E-state index is -0.985. The fourth-order valence-corrected chi connectivity index (χ4v) is 5.62. The van der Waals surface area contributed by atoms with Gasteiger partial charge in [-0.05, 0) is 107 Å². The van der Waals surface area contributed by atoms with E-state index >= 15 is 0 Å². The molecule has 62 heavy (non-hydrogen) atoms. The van der Waals surface area contributed by atoms with Gasteiger partial charge in [0.15, 0.2) is 17.3 Å². The van der Waals surface area contributed by atoms with Crippen LogP contribution in [0, 0.1) is 10.1 Å². The third-order valence-electron chi connectivity index (χ3n) is 7.80. The minimum Gasteiger partial charge on any atom is -0.488 e. The molecule has 0 amide bonds. The van der Waals surface area contributed by atoms with Gasteiger partial charge in [0.1, 0.15) is 46.8 Å². The van der Waals surface area contributed by atoms with Crippen molar-refractivity contribution >= 4 is 46.3 Å².